The highest BCUT2D eigenvalue weighted by Crippen LogP contribution is 2.30. The van der Waals surface area contributed by atoms with Crippen molar-refractivity contribution >= 4 is 12.1 Å². The van der Waals surface area contributed by atoms with E-state index in [-0.39, 0.29) is 12.0 Å². The van der Waals surface area contributed by atoms with Crippen LogP contribution >= 0.6 is 0 Å². The Morgan fingerprint density at radius 3 is 2.42 bits per heavy atom. The van der Waals surface area contributed by atoms with Gasteiger partial charge in [-0.2, -0.15) is 5.10 Å². The molecule has 6 heteroatoms. The summed E-state index contributed by atoms with van der Waals surface area (Å²) in [5, 5.41) is 4.07. The summed E-state index contributed by atoms with van der Waals surface area (Å²) in [4.78, 5) is 12.4. The Morgan fingerprint density at radius 1 is 1.00 bits per heavy atom. The third kappa shape index (κ3) is 6.34. The summed E-state index contributed by atoms with van der Waals surface area (Å²) in [7, 11) is 1.58. The van der Waals surface area contributed by atoms with E-state index in [1.54, 1.807) is 25.5 Å². The Kier molecular flexibility index (Phi) is 7.65. The Balaban J connectivity index is 1.60. The zero-order chi connectivity index (χ0) is 22.1. The van der Waals surface area contributed by atoms with Gasteiger partial charge in [-0.1, -0.05) is 36.4 Å². The molecule has 0 heterocycles. The summed E-state index contributed by atoms with van der Waals surface area (Å²) in [6, 6.07) is 22.3. The lowest BCUT2D eigenvalue weighted by atomic mass is 10.1. The summed E-state index contributed by atoms with van der Waals surface area (Å²) >= 11 is 0. The van der Waals surface area contributed by atoms with Gasteiger partial charge in [-0.25, -0.2) is 5.43 Å². The third-order valence-electron chi connectivity index (χ3n) is 4.32. The molecule has 3 aromatic rings. The number of rotatable bonds is 9. The smallest absolute Gasteiger partial charge is 0.271 e. The molecule has 0 atom stereocenters. The van der Waals surface area contributed by atoms with Crippen LogP contribution in [0.1, 0.15) is 35.3 Å². The molecular weight excluding hydrogens is 392 g/mol. The minimum atomic E-state index is -0.305. The predicted molar refractivity (Wildman–Crippen MR) is 121 cm³/mol. The monoisotopic (exact) mass is 418 g/mol. The maximum Gasteiger partial charge on any atom is 0.271 e. The zero-order valence-electron chi connectivity index (χ0n) is 17.9. The maximum atomic E-state index is 12.4. The van der Waals surface area contributed by atoms with Crippen molar-refractivity contribution in [1.82, 2.24) is 5.43 Å². The molecule has 0 aromatic heterocycles. The number of carbonyl (C=O) groups excluding carboxylic acids is 1. The standard InChI is InChI=1S/C25H26N2O4/c1-18(2)31-24-21(8-7-11-23(24)29-3)16-26-27-25(28)20-14-12-19(13-15-20)17-30-22-9-5-4-6-10-22/h4-16,18H,17H2,1-3H3,(H,27,28)/b26-16-. The van der Waals surface area contributed by atoms with Crippen LogP contribution in [0.15, 0.2) is 77.9 Å². The van der Waals surface area contributed by atoms with Crippen molar-refractivity contribution in [2.24, 2.45) is 5.10 Å². The first-order chi connectivity index (χ1) is 15.1. The number of nitrogens with one attached hydrogen (secondary N) is 1. The van der Waals surface area contributed by atoms with Crippen LogP contribution in [-0.4, -0.2) is 25.3 Å². The second-order valence-electron chi connectivity index (χ2n) is 7.04. The van der Waals surface area contributed by atoms with E-state index < -0.39 is 0 Å². The lowest BCUT2D eigenvalue weighted by Gasteiger charge is -2.15. The number of hydrazone groups is 1. The van der Waals surface area contributed by atoms with Crippen LogP contribution in [0.4, 0.5) is 0 Å². The summed E-state index contributed by atoms with van der Waals surface area (Å²) in [6.45, 7) is 4.30. The van der Waals surface area contributed by atoms with Crippen molar-refractivity contribution in [3.63, 3.8) is 0 Å². The summed E-state index contributed by atoms with van der Waals surface area (Å²) in [5.41, 5.74) is 4.73. The van der Waals surface area contributed by atoms with Crippen LogP contribution in [-0.2, 0) is 6.61 Å². The minimum absolute atomic E-state index is 0.0255. The van der Waals surface area contributed by atoms with Crippen LogP contribution in [0.25, 0.3) is 0 Å². The molecule has 0 fully saturated rings. The molecule has 0 aliphatic rings. The van der Waals surface area contributed by atoms with Gasteiger partial charge in [-0.3, -0.25) is 4.79 Å². The number of para-hydroxylation sites is 2. The molecule has 1 amide bonds. The van der Waals surface area contributed by atoms with E-state index in [4.69, 9.17) is 14.2 Å². The Morgan fingerprint density at radius 2 is 1.74 bits per heavy atom. The summed E-state index contributed by atoms with van der Waals surface area (Å²) in [5.74, 6) is 1.69. The fourth-order valence-corrected chi connectivity index (χ4v) is 2.82. The van der Waals surface area contributed by atoms with Gasteiger partial charge < -0.3 is 14.2 Å². The van der Waals surface area contributed by atoms with E-state index in [0.717, 1.165) is 11.3 Å². The van der Waals surface area contributed by atoms with Crippen molar-refractivity contribution in [1.29, 1.82) is 0 Å². The Hall–Kier alpha value is -3.80. The molecule has 0 saturated heterocycles. The molecule has 160 valence electrons. The Labute approximate surface area is 182 Å². The number of hydrogen-bond acceptors (Lipinski definition) is 5. The topological polar surface area (TPSA) is 69.2 Å². The summed E-state index contributed by atoms with van der Waals surface area (Å²) < 4.78 is 16.9. The van der Waals surface area contributed by atoms with Gasteiger partial charge >= 0.3 is 0 Å². The van der Waals surface area contributed by atoms with Crippen LogP contribution in [0.5, 0.6) is 17.2 Å². The average Bonchev–Trinajstić information content (AvgIpc) is 2.79. The SMILES string of the molecule is COc1cccc(/C=N\NC(=O)c2ccc(COc3ccccc3)cc2)c1OC(C)C. The molecule has 0 bridgehead atoms. The molecule has 0 saturated carbocycles. The van der Waals surface area contributed by atoms with Gasteiger partial charge in [0.05, 0.1) is 19.4 Å². The maximum absolute atomic E-state index is 12.4. The lowest BCUT2D eigenvalue weighted by molar-refractivity contribution is 0.0955. The van der Waals surface area contributed by atoms with Gasteiger partial charge in [0.25, 0.3) is 5.91 Å². The van der Waals surface area contributed by atoms with Gasteiger partial charge in [-0.05, 0) is 55.8 Å². The van der Waals surface area contributed by atoms with Gasteiger partial charge in [0.15, 0.2) is 11.5 Å². The molecule has 1 N–H and O–H groups in total. The molecule has 0 spiro atoms. The molecule has 0 aliphatic heterocycles. The highest BCUT2D eigenvalue weighted by Gasteiger charge is 2.11. The van der Waals surface area contributed by atoms with Crippen LogP contribution in [0, 0.1) is 0 Å². The quantitative estimate of drug-likeness (QED) is 0.399. The number of benzene rings is 3. The molecule has 0 unspecified atom stereocenters. The molecule has 6 nitrogen and oxygen atoms in total. The number of amides is 1. The molecule has 31 heavy (non-hydrogen) atoms. The number of hydrogen-bond donors (Lipinski definition) is 1. The van der Waals surface area contributed by atoms with E-state index in [2.05, 4.69) is 10.5 Å². The molecular formula is C25H26N2O4. The van der Waals surface area contributed by atoms with Gasteiger partial charge in [0.2, 0.25) is 0 Å². The van der Waals surface area contributed by atoms with E-state index in [1.165, 1.54) is 0 Å². The third-order valence-corrected chi connectivity index (χ3v) is 4.32. The first kappa shape index (κ1) is 21.9. The van der Waals surface area contributed by atoms with Gasteiger partial charge in [0, 0.05) is 11.1 Å². The van der Waals surface area contributed by atoms with Crippen LogP contribution < -0.4 is 19.6 Å². The number of nitrogens with zero attached hydrogens (tertiary/aromatic N) is 1. The number of ether oxygens (including phenoxy) is 3. The lowest BCUT2D eigenvalue weighted by Crippen LogP contribution is -2.17. The fourth-order valence-electron chi connectivity index (χ4n) is 2.82. The minimum Gasteiger partial charge on any atom is -0.493 e. The van der Waals surface area contributed by atoms with E-state index in [1.807, 2.05) is 74.5 Å². The predicted octanol–water partition coefficient (Wildman–Crippen LogP) is 4.83. The largest absolute Gasteiger partial charge is 0.493 e. The molecule has 0 aliphatic carbocycles. The molecule has 0 radical (unpaired) electrons. The number of methoxy groups -OCH3 is 1. The first-order valence-corrected chi connectivity index (χ1v) is 10.0. The van der Waals surface area contributed by atoms with Crippen molar-refractivity contribution < 1.29 is 19.0 Å². The van der Waals surface area contributed by atoms with Crippen molar-refractivity contribution in [2.75, 3.05) is 7.11 Å². The Bertz CT molecular complexity index is 1020. The average molecular weight is 418 g/mol. The van der Waals surface area contributed by atoms with E-state index in [0.29, 0.717) is 29.2 Å². The second kappa shape index (κ2) is 10.8. The van der Waals surface area contributed by atoms with E-state index in [9.17, 15) is 4.79 Å². The van der Waals surface area contributed by atoms with E-state index >= 15 is 0 Å². The normalized spacial score (nSPS) is 10.8. The summed E-state index contributed by atoms with van der Waals surface area (Å²) in [6.07, 6.45) is 1.52. The fraction of sp³-hybridized carbons (Fsp3) is 0.200. The van der Waals surface area contributed by atoms with Crippen molar-refractivity contribution in [3.8, 4) is 17.2 Å². The van der Waals surface area contributed by atoms with Crippen molar-refractivity contribution in [3.05, 3.63) is 89.5 Å². The molecule has 3 rings (SSSR count). The van der Waals surface area contributed by atoms with Gasteiger partial charge in [0.1, 0.15) is 12.4 Å². The zero-order valence-corrected chi connectivity index (χ0v) is 17.9. The molecule has 3 aromatic carbocycles. The van der Waals surface area contributed by atoms with Gasteiger partial charge in [-0.15, -0.1) is 0 Å². The number of carbonyl (C=O) groups is 1. The second-order valence-corrected chi connectivity index (χ2v) is 7.04. The highest BCUT2D eigenvalue weighted by molar-refractivity contribution is 5.95. The van der Waals surface area contributed by atoms with Crippen LogP contribution in [0.2, 0.25) is 0 Å². The van der Waals surface area contributed by atoms with Crippen LogP contribution in [0.3, 0.4) is 0 Å². The van der Waals surface area contributed by atoms with Crippen molar-refractivity contribution in [2.45, 2.75) is 26.6 Å². The highest BCUT2D eigenvalue weighted by atomic mass is 16.5. The first-order valence-electron chi connectivity index (χ1n) is 10.0.